The minimum absolute atomic E-state index is 0.392. The van der Waals surface area contributed by atoms with Gasteiger partial charge in [0, 0.05) is 5.69 Å². The number of nitrogens with zero attached hydrogens (tertiary/aromatic N) is 1. The summed E-state index contributed by atoms with van der Waals surface area (Å²) in [7, 11) is -1.45. The molecule has 2 aromatic rings. The molecule has 1 aromatic carbocycles. The molecule has 1 heterocycles. The molecule has 0 bridgehead atoms. The summed E-state index contributed by atoms with van der Waals surface area (Å²) < 4.78 is 5.69. The van der Waals surface area contributed by atoms with Crippen LogP contribution in [0.2, 0.25) is 0 Å². The van der Waals surface area contributed by atoms with E-state index in [1.54, 1.807) is 18.2 Å². The van der Waals surface area contributed by atoms with Crippen molar-refractivity contribution in [3.05, 3.63) is 53.3 Å². The van der Waals surface area contributed by atoms with Gasteiger partial charge in [-0.1, -0.05) is 18.2 Å². The molecule has 0 saturated carbocycles. The van der Waals surface area contributed by atoms with Gasteiger partial charge in [0.2, 0.25) is 0 Å². The predicted octanol–water partition coefficient (Wildman–Crippen LogP) is 0.957. The van der Waals surface area contributed by atoms with E-state index >= 15 is 0 Å². The van der Waals surface area contributed by atoms with Gasteiger partial charge >= 0.3 is 7.12 Å². The van der Waals surface area contributed by atoms with E-state index in [4.69, 9.17) is 14.8 Å². The molecule has 0 atom stereocenters. The Morgan fingerprint density at radius 1 is 1.16 bits per heavy atom. The average Bonchev–Trinajstić information content (AvgIpc) is 2.37. The zero-order valence-electron chi connectivity index (χ0n) is 11.0. The topological polar surface area (TPSA) is 62.6 Å². The molecule has 4 nitrogen and oxygen atoms in total. The van der Waals surface area contributed by atoms with Crippen molar-refractivity contribution in [2.24, 2.45) is 0 Å². The van der Waals surface area contributed by atoms with Crippen molar-refractivity contribution in [1.29, 1.82) is 0 Å². The lowest BCUT2D eigenvalue weighted by atomic mass is 9.79. The number of hydrogen-bond donors (Lipinski definition) is 2. The van der Waals surface area contributed by atoms with Gasteiger partial charge in [-0.3, -0.25) is 4.98 Å². The first-order chi connectivity index (χ1) is 9.06. The van der Waals surface area contributed by atoms with Crippen molar-refractivity contribution in [1.82, 2.24) is 4.98 Å². The molecule has 0 unspecified atom stereocenters. The van der Waals surface area contributed by atoms with Crippen LogP contribution in [0.1, 0.15) is 17.0 Å². The van der Waals surface area contributed by atoms with Gasteiger partial charge in [0.1, 0.15) is 12.4 Å². The predicted molar refractivity (Wildman–Crippen MR) is 74.3 cm³/mol. The van der Waals surface area contributed by atoms with Crippen LogP contribution in [-0.4, -0.2) is 22.2 Å². The SMILES string of the molecule is Cc1cccc(COc2ccc(B(O)O)cc2C)n1. The first kappa shape index (κ1) is 13.6. The van der Waals surface area contributed by atoms with Gasteiger partial charge in [-0.15, -0.1) is 0 Å². The first-order valence-corrected chi connectivity index (χ1v) is 6.08. The smallest absolute Gasteiger partial charge is 0.487 e. The Morgan fingerprint density at radius 3 is 2.58 bits per heavy atom. The highest BCUT2D eigenvalue weighted by Crippen LogP contribution is 2.17. The van der Waals surface area contributed by atoms with Crippen molar-refractivity contribution in [3.63, 3.8) is 0 Å². The molecule has 0 aliphatic carbocycles. The van der Waals surface area contributed by atoms with Gasteiger partial charge in [-0.05, 0) is 43.1 Å². The summed E-state index contributed by atoms with van der Waals surface area (Å²) in [5, 5.41) is 18.2. The second kappa shape index (κ2) is 5.86. The normalized spacial score (nSPS) is 10.3. The van der Waals surface area contributed by atoms with Gasteiger partial charge < -0.3 is 14.8 Å². The van der Waals surface area contributed by atoms with E-state index in [2.05, 4.69) is 4.98 Å². The summed E-state index contributed by atoms with van der Waals surface area (Å²) in [5.74, 6) is 0.715. The molecule has 5 heteroatoms. The van der Waals surface area contributed by atoms with Crippen LogP contribution in [0.25, 0.3) is 0 Å². The Labute approximate surface area is 112 Å². The summed E-state index contributed by atoms with van der Waals surface area (Å²) in [6.07, 6.45) is 0. The van der Waals surface area contributed by atoms with E-state index < -0.39 is 7.12 Å². The van der Waals surface area contributed by atoms with Gasteiger partial charge in [0.25, 0.3) is 0 Å². The van der Waals surface area contributed by atoms with Crippen molar-refractivity contribution in [3.8, 4) is 5.75 Å². The summed E-state index contributed by atoms with van der Waals surface area (Å²) in [6, 6.07) is 10.9. The summed E-state index contributed by atoms with van der Waals surface area (Å²) in [6.45, 7) is 4.20. The van der Waals surface area contributed by atoms with Crippen LogP contribution in [0.5, 0.6) is 5.75 Å². The van der Waals surface area contributed by atoms with Crippen molar-refractivity contribution in [2.45, 2.75) is 20.5 Å². The quantitative estimate of drug-likeness (QED) is 0.801. The summed E-state index contributed by atoms with van der Waals surface area (Å²) >= 11 is 0. The highest BCUT2D eigenvalue weighted by atomic mass is 16.5. The first-order valence-electron chi connectivity index (χ1n) is 6.08. The van der Waals surface area contributed by atoms with E-state index in [0.717, 1.165) is 17.0 Å². The van der Waals surface area contributed by atoms with E-state index in [1.165, 1.54) is 0 Å². The number of ether oxygens (including phenoxy) is 1. The molecule has 0 saturated heterocycles. The van der Waals surface area contributed by atoms with E-state index in [0.29, 0.717) is 17.8 Å². The number of hydrogen-bond acceptors (Lipinski definition) is 4. The molecule has 0 fully saturated rings. The standard InChI is InChI=1S/C14H16BNO3/c1-10-8-12(15(17)18)6-7-14(10)19-9-13-5-3-4-11(2)16-13/h3-8,17-18H,9H2,1-2H3. The minimum Gasteiger partial charge on any atom is -0.487 e. The number of benzene rings is 1. The van der Waals surface area contributed by atoms with Crippen molar-refractivity contribution >= 4 is 12.6 Å². The highest BCUT2D eigenvalue weighted by molar-refractivity contribution is 6.58. The maximum atomic E-state index is 9.08. The van der Waals surface area contributed by atoms with Crippen LogP contribution >= 0.6 is 0 Å². The fraction of sp³-hybridized carbons (Fsp3) is 0.214. The van der Waals surface area contributed by atoms with Crippen LogP contribution in [0.4, 0.5) is 0 Å². The average molecular weight is 257 g/mol. The third-order valence-electron chi connectivity index (χ3n) is 2.82. The van der Waals surface area contributed by atoms with Gasteiger partial charge in [-0.25, -0.2) is 0 Å². The molecular weight excluding hydrogens is 241 g/mol. The van der Waals surface area contributed by atoms with Crippen molar-refractivity contribution < 1.29 is 14.8 Å². The monoisotopic (exact) mass is 257 g/mol. The zero-order chi connectivity index (χ0) is 13.8. The number of rotatable bonds is 4. The Morgan fingerprint density at radius 2 is 1.95 bits per heavy atom. The molecule has 1 aromatic heterocycles. The second-order valence-electron chi connectivity index (χ2n) is 4.46. The number of aromatic nitrogens is 1. The molecule has 2 rings (SSSR count). The lowest BCUT2D eigenvalue weighted by Crippen LogP contribution is -2.29. The van der Waals surface area contributed by atoms with Crippen LogP contribution in [-0.2, 0) is 6.61 Å². The van der Waals surface area contributed by atoms with Gasteiger partial charge in [0.15, 0.2) is 0 Å². The van der Waals surface area contributed by atoms with Gasteiger partial charge in [0.05, 0.1) is 5.69 Å². The molecule has 0 spiro atoms. The minimum atomic E-state index is -1.45. The van der Waals surface area contributed by atoms with E-state index in [-0.39, 0.29) is 0 Å². The fourth-order valence-electron chi connectivity index (χ4n) is 1.83. The highest BCUT2D eigenvalue weighted by Gasteiger charge is 2.12. The fourth-order valence-corrected chi connectivity index (χ4v) is 1.83. The van der Waals surface area contributed by atoms with Crippen LogP contribution in [0.3, 0.4) is 0 Å². The Hall–Kier alpha value is -1.85. The molecule has 2 N–H and O–H groups in total. The third-order valence-corrected chi connectivity index (χ3v) is 2.82. The van der Waals surface area contributed by atoms with Crippen LogP contribution in [0, 0.1) is 13.8 Å². The van der Waals surface area contributed by atoms with E-state index in [1.807, 2.05) is 32.0 Å². The molecule has 98 valence electrons. The maximum absolute atomic E-state index is 9.08. The Balaban J connectivity index is 2.07. The van der Waals surface area contributed by atoms with Crippen LogP contribution < -0.4 is 10.2 Å². The summed E-state index contributed by atoms with van der Waals surface area (Å²) in [5.41, 5.74) is 3.14. The largest absolute Gasteiger partial charge is 0.488 e. The second-order valence-corrected chi connectivity index (χ2v) is 4.46. The van der Waals surface area contributed by atoms with Gasteiger partial charge in [-0.2, -0.15) is 0 Å². The third kappa shape index (κ3) is 3.56. The number of pyridine rings is 1. The molecular formula is C14H16BNO3. The molecule has 0 radical (unpaired) electrons. The lowest BCUT2D eigenvalue weighted by Gasteiger charge is -2.10. The van der Waals surface area contributed by atoms with Crippen LogP contribution in [0.15, 0.2) is 36.4 Å². The molecule has 0 amide bonds. The maximum Gasteiger partial charge on any atom is 0.488 e. The molecule has 0 aliphatic heterocycles. The molecule has 0 aliphatic rings. The zero-order valence-corrected chi connectivity index (χ0v) is 11.0. The van der Waals surface area contributed by atoms with Crippen molar-refractivity contribution in [2.75, 3.05) is 0 Å². The Bertz CT molecular complexity index is 572. The van der Waals surface area contributed by atoms with E-state index in [9.17, 15) is 0 Å². The molecule has 19 heavy (non-hydrogen) atoms. The Kier molecular flexibility index (Phi) is 4.19. The lowest BCUT2D eigenvalue weighted by molar-refractivity contribution is 0.299. The summed E-state index contributed by atoms with van der Waals surface area (Å²) in [4.78, 5) is 4.36. The number of aryl methyl sites for hydroxylation is 2.